The van der Waals surface area contributed by atoms with Crippen molar-refractivity contribution in [2.45, 2.75) is 20.3 Å². The van der Waals surface area contributed by atoms with E-state index >= 15 is 0 Å². The van der Waals surface area contributed by atoms with Crippen LogP contribution in [0.5, 0.6) is 0 Å². The number of para-hydroxylation sites is 1. The van der Waals surface area contributed by atoms with E-state index in [4.69, 9.17) is 17.3 Å². The minimum atomic E-state index is -0.0319. The molecule has 0 aromatic heterocycles. The third kappa shape index (κ3) is 7.67. The summed E-state index contributed by atoms with van der Waals surface area (Å²) in [5.41, 5.74) is 6.43. The number of carbonyl (C=O) groups is 1. The van der Waals surface area contributed by atoms with Crippen LogP contribution in [0.4, 0.5) is 5.69 Å². The van der Waals surface area contributed by atoms with Gasteiger partial charge in [0.15, 0.2) is 0 Å². The average Bonchev–Trinajstić information content (AvgIpc) is 2.39. The highest BCUT2D eigenvalue weighted by molar-refractivity contribution is 6.33. The van der Waals surface area contributed by atoms with Crippen LogP contribution in [0.3, 0.4) is 0 Å². The number of halogens is 2. The topological polar surface area (TPSA) is 58.4 Å². The van der Waals surface area contributed by atoms with E-state index in [9.17, 15) is 4.79 Å². The zero-order chi connectivity index (χ0) is 15.2. The van der Waals surface area contributed by atoms with E-state index in [-0.39, 0.29) is 23.7 Å². The Morgan fingerprint density at radius 1 is 1.38 bits per heavy atom. The fourth-order valence-electron chi connectivity index (χ4n) is 1.94. The highest BCUT2D eigenvalue weighted by atomic mass is 35.5. The maximum absolute atomic E-state index is 11.9. The molecule has 1 aromatic rings. The third-order valence-electron chi connectivity index (χ3n) is 3.12. The lowest BCUT2D eigenvalue weighted by Gasteiger charge is -2.28. The first-order valence-electron chi connectivity index (χ1n) is 6.77. The predicted molar refractivity (Wildman–Crippen MR) is 92.3 cm³/mol. The van der Waals surface area contributed by atoms with Gasteiger partial charge in [-0.05, 0) is 31.1 Å². The van der Waals surface area contributed by atoms with Crippen molar-refractivity contribution in [3.63, 3.8) is 0 Å². The maximum atomic E-state index is 11.9. The van der Waals surface area contributed by atoms with Crippen LogP contribution >= 0.6 is 24.0 Å². The lowest BCUT2D eigenvalue weighted by atomic mass is 9.93. The first-order chi connectivity index (χ1) is 9.34. The number of carbonyl (C=O) groups excluding carboxylic acids is 1. The van der Waals surface area contributed by atoms with Crippen molar-refractivity contribution in [2.24, 2.45) is 11.1 Å². The molecule has 0 saturated carbocycles. The van der Waals surface area contributed by atoms with E-state index in [0.717, 1.165) is 6.54 Å². The van der Waals surface area contributed by atoms with Gasteiger partial charge in [-0.15, -0.1) is 12.4 Å². The van der Waals surface area contributed by atoms with Crippen LogP contribution in [-0.4, -0.2) is 37.5 Å². The number of amides is 1. The molecule has 0 heterocycles. The van der Waals surface area contributed by atoms with Crippen LogP contribution in [0.15, 0.2) is 24.3 Å². The standard InChI is InChI=1S/C15H24ClN3O.ClH/c1-15(2,10-17)11-19(3)9-8-14(20)18-13-7-5-4-6-12(13)16;/h4-7H,8-11,17H2,1-3H3,(H,18,20);1H. The molecule has 6 heteroatoms. The second-order valence-corrected chi connectivity index (χ2v) is 6.29. The number of hydrogen-bond donors (Lipinski definition) is 2. The van der Waals surface area contributed by atoms with Crippen LogP contribution in [0, 0.1) is 5.41 Å². The molecule has 0 atom stereocenters. The van der Waals surface area contributed by atoms with E-state index in [1.165, 1.54) is 0 Å². The Balaban J connectivity index is 0.00000400. The molecule has 0 bridgehead atoms. The van der Waals surface area contributed by atoms with Gasteiger partial charge >= 0.3 is 0 Å². The molecule has 1 rings (SSSR count). The van der Waals surface area contributed by atoms with Gasteiger partial charge in [-0.3, -0.25) is 4.79 Å². The molecule has 0 spiro atoms. The summed E-state index contributed by atoms with van der Waals surface area (Å²) in [6, 6.07) is 7.23. The summed E-state index contributed by atoms with van der Waals surface area (Å²) < 4.78 is 0. The van der Waals surface area contributed by atoms with E-state index in [2.05, 4.69) is 24.1 Å². The lowest BCUT2D eigenvalue weighted by Crippen LogP contribution is -2.37. The van der Waals surface area contributed by atoms with Gasteiger partial charge in [-0.2, -0.15) is 0 Å². The number of hydrogen-bond acceptors (Lipinski definition) is 3. The van der Waals surface area contributed by atoms with E-state index in [1.807, 2.05) is 19.2 Å². The fraction of sp³-hybridized carbons (Fsp3) is 0.533. The highest BCUT2D eigenvalue weighted by Crippen LogP contribution is 2.20. The van der Waals surface area contributed by atoms with Crippen LogP contribution in [0.1, 0.15) is 20.3 Å². The van der Waals surface area contributed by atoms with Gasteiger partial charge in [-0.25, -0.2) is 0 Å². The maximum Gasteiger partial charge on any atom is 0.225 e. The molecule has 4 nitrogen and oxygen atoms in total. The van der Waals surface area contributed by atoms with Crippen molar-refractivity contribution in [1.29, 1.82) is 0 Å². The molecular formula is C15H25Cl2N3O. The van der Waals surface area contributed by atoms with Gasteiger partial charge in [0.1, 0.15) is 0 Å². The summed E-state index contributed by atoms with van der Waals surface area (Å²) in [5.74, 6) is -0.0319. The second-order valence-electron chi connectivity index (χ2n) is 5.88. The van der Waals surface area contributed by atoms with Crippen molar-refractivity contribution in [3.8, 4) is 0 Å². The Bertz CT molecular complexity index is 452. The Morgan fingerprint density at radius 3 is 2.57 bits per heavy atom. The Hall–Kier alpha value is -0.810. The Morgan fingerprint density at radius 2 is 2.00 bits per heavy atom. The zero-order valence-electron chi connectivity index (χ0n) is 12.9. The predicted octanol–water partition coefficient (Wildman–Crippen LogP) is 3.01. The third-order valence-corrected chi connectivity index (χ3v) is 3.45. The number of anilines is 1. The molecule has 1 amide bonds. The molecule has 0 saturated heterocycles. The summed E-state index contributed by atoms with van der Waals surface area (Å²) in [6.45, 7) is 6.42. The molecule has 0 unspecified atom stereocenters. The smallest absolute Gasteiger partial charge is 0.225 e. The molecule has 0 aliphatic heterocycles. The quantitative estimate of drug-likeness (QED) is 0.806. The van der Waals surface area contributed by atoms with Crippen LogP contribution < -0.4 is 11.1 Å². The van der Waals surface area contributed by atoms with Crippen molar-refractivity contribution >= 4 is 35.6 Å². The summed E-state index contributed by atoms with van der Waals surface area (Å²) >= 11 is 6.00. The molecule has 1 aromatic carbocycles. The fourth-order valence-corrected chi connectivity index (χ4v) is 2.12. The second kappa shape index (κ2) is 9.26. The molecule has 0 aliphatic rings. The van der Waals surface area contributed by atoms with Gasteiger partial charge in [0.2, 0.25) is 5.91 Å². The number of benzene rings is 1. The van der Waals surface area contributed by atoms with Gasteiger partial charge in [-0.1, -0.05) is 37.6 Å². The summed E-state index contributed by atoms with van der Waals surface area (Å²) in [6.07, 6.45) is 0.433. The minimum absolute atomic E-state index is 0. The normalized spacial score (nSPS) is 11.1. The van der Waals surface area contributed by atoms with Crippen molar-refractivity contribution in [1.82, 2.24) is 4.90 Å². The first kappa shape index (κ1) is 20.2. The lowest BCUT2D eigenvalue weighted by molar-refractivity contribution is -0.116. The number of nitrogens with zero attached hydrogens (tertiary/aromatic N) is 1. The first-order valence-corrected chi connectivity index (χ1v) is 7.15. The van der Waals surface area contributed by atoms with Gasteiger partial charge in [0.25, 0.3) is 0 Å². The summed E-state index contributed by atoms with van der Waals surface area (Å²) in [4.78, 5) is 14.0. The Labute approximate surface area is 138 Å². The van der Waals surface area contributed by atoms with Crippen molar-refractivity contribution in [2.75, 3.05) is 32.0 Å². The molecule has 21 heavy (non-hydrogen) atoms. The molecule has 0 fully saturated rings. The summed E-state index contributed by atoms with van der Waals surface area (Å²) in [5, 5.41) is 3.37. The molecule has 120 valence electrons. The molecule has 0 radical (unpaired) electrons. The van der Waals surface area contributed by atoms with E-state index in [1.54, 1.807) is 12.1 Å². The van der Waals surface area contributed by atoms with Gasteiger partial charge < -0.3 is 16.0 Å². The zero-order valence-corrected chi connectivity index (χ0v) is 14.4. The van der Waals surface area contributed by atoms with E-state index < -0.39 is 0 Å². The highest BCUT2D eigenvalue weighted by Gasteiger charge is 2.18. The average molecular weight is 334 g/mol. The van der Waals surface area contributed by atoms with Crippen molar-refractivity contribution < 1.29 is 4.79 Å². The molecular weight excluding hydrogens is 309 g/mol. The number of nitrogens with two attached hydrogens (primary N) is 1. The van der Waals surface area contributed by atoms with Gasteiger partial charge in [0, 0.05) is 19.5 Å². The van der Waals surface area contributed by atoms with Crippen LogP contribution in [-0.2, 0) is 4.79 Å². The van der Waals surface area contributed by atoms with Gasteiger partial charge in [0.05, 0.1) is 10.7 Å². The van der Waals surface area contributed by atoms with Crippen molar-refractivity contribution in [3.05, 3.63) is 29.3 Å². The monoisotopic (exact) mass is 333 g/mol. The number of nitrogens with one attached hydrogen (secondary N) is 1. The molecule has 3 N–H and O–H groups in total. The largest absolute Gasteiger partial charge is 0.330 e. The SMILES string of the molecule is CN(CCC(=O)Nc1ccccc1Cl)CC(C)(C)CN.Cl. The molecule has 0 aliphatic carbocycles. The number of rotatable bonds is 7. The van der Waals surface area contributed by atoms with Crippen LogP contribution in [0.25, 0.3) is 0 Å². The minimum Gasteiger partial charge on any atom is -0.330 e. The summed E-state index contributed by atoms with van der Waals surface area (Å²) in [7, 11) is 2.00. The van der Waals surface area contributed by atoms with Crippen LogP contribution in [0.2, 0.25) is 5.02 Å². The Kier molecular flexibility index (Phi) is 8.90. The van der Waals surface area contributed by atoms with E-state index in [0.29, 0.717) is 30.2 Å².